The lowest BCUT2D eigenvalue weighted by Gasteiger charge is -2.31. The smallest absolute Gasteiger partial charge is 0.292 e. The Bertz CT molecular complexity index is 1550. The summed E-state index contributed by atoms with van der Waals surface area (Å²) in [6, 6.07) is 14.3. The number of carbonyl (C=O) groups is 2. The van der Waals surface area contributed by atoms with Crippen LogP contribution in [0, 0.1) is 0 Å². The van der Waals surface area contributed by atoms with Crippen molar-refractivity contribution in [3.63, 3.8) is 0 Å². The van der Waals surface area contributed by atoms with E-state index in [-0.39, 0.29) is 24.8 Å². The number of nitrogens with zero attached hydrogens (tertiary/aromatic N) is 6. The van der Waals surface area contributed by atoms with Crippen molar-refractivity contribution in [2.45, 2.75) is 25.9 Å². The highest BCUT2D eigenvalue weighted by Crippen LogP contribution is 2.31. The third-order valence-corrected chi connectivity index (χ3v) is 6.26. The molecular formula is C25H22N8O4. The molecule has 0 saturated heterocycles. The van der Waals surface area contributed by atoms with E-state index in [0.717, 1.165) is 11.3 Å². The molecule has 186 valence electrons. The molecule has 0 bridgehead atoms. The van der Waals surface area contributed by atoms with Gasteiger partial charge in [-0.1, -0.05) is 22.5 Å². The largest absolute Gasteiger partial charge is 0.463 e. The predicted molar refractivity (Wildman–Crippen MR) is 130 cm³/mol. The number of benzene rings is 1. The third kappa shape index (κ3) is 4.18. The summed E-state index contributed by atoms with van der Waals surface area (Å²) < 4.78 is 12.3. The van der Waals surface area contributed by atoms with Gasteiger partial charge in [0, 0.05) is 36.6 Å². The lowest BCUT2D eigenvalue weighted by Crippen LogP contribution is -2.42. The molecule has 2 N–H and O–H groups in total. The van der Waals surface area contributed by atoms with Gasteiger partial charge in [0.25, 0.3) is 5.91 Å². The van der Waals surface area contributed by atoms with E-state index in [2.05, 4.69) is 31.0 Å². The highest BCUT2D eigenvalue weighted by Gasteiger charge is 2.38. The number of rotatable bonds is 6. The standard InChI is InChI=1S/C25H22N8O4/c1-2-33-23-17(24(34)27-16-6-3-5-15(11-16)18-8-9-26-28-18)13-32(14-20(23)29-31-33)25(35)22-12-19(30-37-22)21-7-4-10-36-21/h3-12,17H,2,13-14H2,1H3,(H,26,28)(H,27,34). The van der Waals surface area contributed by atoms with E-state index in [4.69, 9.17) is 8.94 Å². The van der Waals surface area contributed by atoms with E-state index < -0.39 is 11.8 Å². The molecule has 5 heterocycles. The molecule has 12 heteroatoms. The van der Waals surface area contributed by atoms with Crippen LogP contribution in [0.15, 0.2) is 69.9 Å². The van der Waals surface area contributed by atoms with Crippen molar-refractivity contribution in [2.75, 3.05) is 11.9 Å². The number of nitrogens with one attached hydrogen (secondary N) is 2. The lowest BCUT2D eigenvalue weighted by atomic mass is 9.96. The number of aryl methyl sites for hydroxylation is 1. The minimum absolute atomic E-state index is 0.0455. The van der Waals surface area contributed by atoms with E-state index >= 15 is 0 Å². The van der Waals surface area contributed by atoms with Gasteiger partial charge in [0.15, 0.2) is 5.76 Å². The first-order valence-electron chi connectivity index (χ1n) is 11.7. The van der Waals surface area contributed by atoms with Crippen LogP contribution in [0.25, 0.3) is 22.7 Å². The number of fused-ring (bicyclic) bond motifs is 1. The van der Waals surface area contributed by atoms with Crippen LogP contribution >= 0.6 is 0 Å². The Morgan fingerprint density at radius 2 is 2.11 bits per heavy atom. The summed E-state index contributed by atoms with van der Waals surface area (Å²) in [4.78, 5) is 28.4. The summed E-state index contributed by atoms with van der Waals surface area (Å²) in [7, 11) is 0. The first-order chi connectivity index (χ1) is 18.1. The second-order valence-corrected chi connectivity index (χ2v) is 8.57. The number of aromatic amines is 1. The van der Waals surface area contributed by atoms with Gasteiger partial charge in [-0.3, -0.25) is 14.7 Å². The van der Waals surface area contributed by atoms with Gasteiger partial charge >= 0.3 is 0 Å². The van der Waals surface area contributed by atoms with Crippen molar-refractivity contribution in [1.82, 2.24) is 35.2 Å². The van der Waals surface area contributed by atoms with Gasteiger partial charge < -0.3 is 19.2 Å². The lowest BCUT2D eigenvalue weighted by molar-refractivity contribution is -0.118. The summed E-state index contributed by atoms with van der Waals surface area (Å²) >= 11 is 0. The van der Waals surface area contributed by atoms with Gasteiger partial charge in [-0.15, -0.1) is 5.10 Å². The van der Waals surface area contributed by atoms with Crippen LogP contribution in [0.5, 0.6) is 0 Å². The number of carbonyl (C=O) groups excluding carboxylic acids is 2. The summed E-state index contributed by atoms with van der Waals surface area (Å²) in [5, 5.41) is 22.3. The first-order valence-corrected chi connectivity index (χ1v) is 11.7. The maximum atomic E-state index is 13.6. The van der Waals surface area contributed by atoms with Gasteiger partial charge in [-0.05, 0) is 37.3 Å². The zero-order chi connectivity index (χ0) is 25.4. The Balaban J connectivity index is 1.27. The minimum Gasteiger partial charge on any atom is -0.463 e. The van der Waals surface area contributed by atoms with Gasteiger partial charge in [0.05, 0.1) is 30.1 Å². The van der Waals surface area contributed by atoms with Gasteiger partial charge in [-0.25, -0.2) is 4.68 Å². The number of aromatic nitrogens is 6. The topological polar surface area (TPSA) is 148 Å². The number of H-pyrrole nitrogens is 1. The maximum Gasteiger partial charge on any atom is 0.292 e. The van der Waals surface area contributed by atoms with Gasteiger partial charge in [0.1, 0.15) is 11.4 Å². The Labute approximate surface area is 210 Å². The third-order valence-electron chi connectivity index (χ3n) is 6.26. The Hall–Kier alpha value is -5.00. The molecule has 0 saturated carbocycles. The maximum absolute atomic E-state index is 13.6. The van der Waals surface area contributed by atoms with Crippen LogP contribution in [-0.2, 0) is 17.9 Å². The molecule has 1 aliphatic rings. The zero-order valence-corrected chi connectivity index (χ0v) is 19.8. The van der Waals surface area contributed by atoms with Crippen LogP contribution in [-0.4, -0.2) is 53.6 Å². The molecule has 1 unspecified atom stereocenters. The Morgan fingerprint density at radius 3 is 2.89 bits per heavy atom. The molecule has 0 fully saturated rings. The van der Waals surface area contributed by atoms with E-state index in [1.165, 1.54) is 17.2 Å². The van der Waals surface area contributed by atoms with Crippen LogP contribution in [0.4, 0.5) is 5.69 Å². The molecule has 5 aromatic rings. The van der Waals surface area contributed by atoms with E-state index in [1.807, 2.05) is 37.3 Å². The molecule has 12 nitrogen and oxygen atoms in total. The minimum atomic E-state index is -0.689. The first kappa shape index (κ1) is 22.5. The number of hydrogen-bond acceptors (Lipinski definition) is 8. The van der Waals surface area contributed by atoms with Crippen LogP contribution < -0.4 is 5.32 Å². The summed E-state index contributed by atoms with van der Waals surface area (Å²) in [6.45, 7) is 2.80. The van der Waals surface area contributed by atoms with Crippen molar-refractivity contribution >= 4 is 17.5 Å². The number of amides is 2. The molecule has 6 rings (SSSR count). The molecule has 0 aliphatic carbocycles. The molecule has 1 aliphatic heterocycles. The molecule has 0 radical (unpaired) electrons. The van der Waals surface area contributed by atoms with Crippen molar-refractivity contribution in [3.05, 3.63) is 78.1 Å². The fourth-order valence-corrected chi connectivity index (χ4v) is 4.48. The fraction of sp³-hybridized carbons (Fsp3) is 0.200. The Morgan fingerprint density at radius 1 is 1.19 bits per heavy atom. The highest BCUT2D eigenvalue weighted by atomic mass is 16.5. The number of hydrogen-bond donors (Lipinski definition) is 2. The van der Waals surface area contributed by atoms with Crippen molar-refractivity contribution in [3.8, 4) is 22.7 Å². The molecule has 4 aromatic heterocycles. The second-order valence-electron chi connectivity index (χ2n) is 8.57. The van der Waals surface area contributed by atoms with Crippen molar-refractivity contribution in [2.24, 2.45) is 0 Å². The normalized spacial score (nSPS) is 14.9. The molecule has 37 heavy (non-hydrogen) atoms. The average molecular weight is 499 g/mol. The van der Waals surface area contributed by atoms with E-state index in [1.54, 1.807) is 23.0 Å². The average Bonchev–Trinajstić information content (AvgIpc) is 3.74. The van der Waals surface area contributed by atoms with Gasteiger partial charge in [-0.2, -0.15) is 5.10 Å². The monoisotopic (exact) mass is 498 g/mol. The van der Waals surface area contributed by atoms with E-state index in [0.29, 0.717) is 35.1 Å². The molecule has 1 aromatic carbocycles. The highest BCUT2D eigenvalue weighted by molar-refractivity contribution is 5.98. The SMILES string of the molecule is CCn1nnc2c1C(C(=O)Nc1cccc(-c3ccn[nH]3)c1)CN(C(=O)c1cc(-c3ccco3)no1)C2. The number of anilines is 1. The van der Waals surface area contributed by atoms with Crippen LogP contribution in [0.3, 0.4) is 0 Å². The van der Waals surface area contributed by atoms with E-state index in [9.17, 15) is 9.59 Å². The van der Waals surface area contributed by atoms with Crippen LogP contribution in [0.1, 0.15) is 34.8 Å². The fourth-order valence-electron chi connectivity index (χ4n) is 4.48. The quantitative estimate of drug-likeness (QED) is 0.362. The zero-order valence-electron chi connectivity index (χ0n) is 19.8. The van der Waals surface area contributed by atoms with Crippen molar-refractivity contribution < 1.29 is 18.5 Å². The van der Waals surface area contributed by atoms with Crippen molar-refractivity contribution in [1.29, 1.82) is 0 Å². The summed E-state index contributed by atoms with van der Waals surface area (Å²) in [5.74, 6) is -0.827. The molecule has 1 atom stereocenters. The predicted octanol–water partition coefficient (Wildman–Crippen LogP) is 3.31. The number of furan rings is 1. The molecular weight excluding hydrogens is 476 g/mol. The van der Waals surface area contributed by atoms with Gasteiger partial charge in [0.2, 0.25) is 11.7 Å². The Kier molecular flexibility index (Phi) is 5.60. The molecule has 2 amide bonds. The second kappa shape index (κ2) is 9.22. The summed E-state index contributed by atoms with van der Waals surface area (Å²) in [6.07, 6.45) is 3.18. The van der Waals surface area contributed by atoms with Crippen LogP contribution in [0.2, 0.25) is 0 Å². The summed E-state index contributed by atoms with van der Waals surface area (Å²) in [5.41, 5.74) is 4.02. The molecule has 0 spiro atoms.